The Morgan fingerprint density at radius 2 is 1.62 bits per heavy atom. The van der Waals surface area contributed by atoms with E-state index in [0.717, 1.165) is 0 Å². The summed E-state index contributed by atoms with van der Waals surface area (Å²) >= 11 is 0. The SMILES string of the molecule is Cc1cc(F)ccc1C(=C(C=C[C@@H](O)CC(=O)CC(=O)OC(C)(C)C)c1nnnn1C)c1ccc(F)cc1C. The van der Waals surface area contributed by atoms with Gasteiger partial charge in [-0.25, -0.2) is 13.5 Å². The zero-order valence-corrected chi connectivity index (χ0v) is 22.8. The van der Waals surface area contributed by atoms with Crippen molar-refractivity contribution < 1.29 is 28.2 Å². The summed E-state index contributed by atoms with van der Waals surface area (Å²) in [5.74, 6) is -1.67. The van der Waals surface area contributed by atoms with Crippen LogP contribution in [0, 0.1) is 25.5 Å². The average Bonchev–Trinajstić information content (AvgIpc) is 3.22. The number of aliphatic hydroxyl groups is 1. The lowest BCUT2D eigenvalue weighted by Crippen LogP contribution is -2.26. The molecule has 1 atom stereocenters. The van der Waals surface area contributed by atoms with Gasteiger partial charge in [0.05, 0.1) is 6.10 Å². The van der Waals surface area contributed by atoms with Gasteiger partial charge in [0, 0.05) is 24.6 Å². The Morgan fingerprint density at radius 3 is 2.08 bits per heavy atom. The van der Waals surface area contributed by atoms with Crippen molar-refractivity contribution in [3.8, 4) is 0 Å². The molecule has 0 aliphatic rings. The second-order valence-electron chi connectivity index (χ2n) is 10.3. The number of aryl methyl sites for hydroxylation is 3. The molecule has 0 radical (unpaired) electrons. The van der Waals surface area contributed by atoms with Crippen molar-refractivity contribution in [2.75, 3.05) is 0 Å². The molecule has 1 aromatic heterocycles. The fraction of sp³-hybridized carbons (Fsp3) is 0.345. The van der Waals surface area contributed by atoms with Crippen LogP contribution >= 0.6 is 0 Å². The van der Waals surface area contributed by atoms with Crippen molar-refractivity contribution in [3.63, 3.8) is 0 Å². The highest BCUT2D eigenvalue weighted by Gasteiger charge is 2.22. The maximum Gasteiger partial charge on any atom is 0.313 e. The van der Waals surface area contributed by atoms with Gasteiger partial charge in [-0.3, -0.25) is 9.59 Å². The van der Waals surface area contributed by atoms with Gasteiger partial charge in [0.25, 0.3) is 0 Å². The Kier molecular flexibility index (Phi) is 9.24. The number of hydrogen-bond donors (Lipinski definition) is 1. The number of esters is 1. The third kappa shape index (κ3) is 7.97. The lowest BCUT2D eigenvalue weighted by Gasteiger charge is -2.19. The van der Waals surface area contributed by atoms with Crippen molar-refractivity contribution in [1.82, 2.24) is 20.2 Å². The first kappa shape index (κ1) is 29.5. The summed E-state index contributed by atoms with van der Waals surface area (Å²) in [5.41, 5.74) is 2.81. The highest BCUT2D eigenvalue weighted by atomic mass is 19.1. The van der Waals surface area contributed by atoms with E-state index in [1.165, 1.54) is 35.0 Å². The van der Waals surface area contributed by atoms with Crippen LogP contribution in [0.25, 0.3) is 11.1 Å². The normalized spacial score (nSPS) is 12.4. The molecule has 10 heteroatoms. The number of ketones is 1. The van der Waals surface area contributed by atoms with E-state index in [0.29, 0.717) is 39.2 Å². The van der Waals surface area contributed by atoms with E-state index in [1.54, 1.807) is 59.9 Å². The molecule has 0 aliphatic heterocycles. The number of aliphatic hydroxyl groups excluding tert-OH is 1. The molecule has 1 heterocycles. The number of Topliss-reactive ketones (excluding diaryl/α,β-unsaturated/α-hetero) is 1. The molecule has 0 spiro atoms. The molecule has 0 saturated heterocycles. The summed E-state index contributed by atoms with van der Waals surface area (Å²) in [6.07, 6.45) is 0.946. The average molecular weight is 539 g/mol. The number of allylic oxidation sites excluding steroid dienone is 2. The maximum atomic E-state index is 14.0. The van der Waals surface area contributed by atoms with Crippen molar-refractivity contribution in [3.05, 3.63) is 88.3 Å². The van der Waals surface area contributed by atoms with Crippen LogP contribution in [0.5, 0.6) is 0 Å². The first-order valence-corrected chi connectivity index (χ1v) is 12.3. The van der Waals surface area contributed by atoms with Crippen molar-refractivity contribution in [2.45, 2.75) is 59.2 Å². The number of carbonyl (C=O) groups is 2. The van der Waals surface area contributed by atoms with Gasteiger partial charge in [-0.1, -0.05) is 24.3 Å². The van der Waals surface area contributed by atoms with Gasteiger partial charge in [-0.2, -0.15) is 0 Å². The number of rotatable bonds is 9. The summed E-state index contributed by atoms with van der Waals surface area (Å²) in [6, 6.07) is 8.63. The van der Waals surface area contributed by atoms with Crippen LogP contribution in [-0.2, 0) is 21.4 Å². The lowest BCUT2D eigenvalue weighted by molar-refractivity contribution is -0.156. The summed E-state index contributed by atoms with van der Waals surface area (Å²) in [5, 5.41) is 22.4. The number of hydrogen-bond acceptors (Lipinski definition) is 7. The van der Waals surface area contributed by atoms with Crippen LogP contribution in [0.2, 0.25) is 0 Å². The van der Waals surface area contributed by atoms with E-state index >= 15 is 0 Å². The molecule has 39 heavy (non-hydrogen) atoms. The molecule has 0 fully saturated rings. The van der Waals surface area contributed by atoms with Gasteiger partial charge in [0.2, 0.25) is 0 Å². The van der Waals surface area contributed by atoms with Crippen molar-refractivity contribution in [1.29, 1.82) is 0 Å². The molecule has 0 aliphatic carbocycles. The Bertz CT molecular complexity index is 1380. The molecule has 0 amide bonds. The predicted octanol–water partition coefficient (Wildman–Crippen LogP) is 4.67. The topological polar surface area (TPSA) is 107 Å². The standard InChI is InChI=1S/C29H32F2N4O4/c1-17-13-19(30)7-10-23(17)27(24-11-8-20(31)14-18(24)2)25(28-32-33-34-35(28)6)12-9-21(36)15-22(37)16-26(38)39-29(3,4)5/h7-14,21,36H,15-16H2,1-6H3/t21-/m1/s1. The summed E-state index contributed by atoms with van der Waals surface area (Å²) < 4.78 is 34.7. The fourth-order valence-electron chi connectivity index (χ4n) is 4.10. The van der Waals surface area contributed by atoms with Crippen LogP contribution in [-0.4, -0.2) is 48.8 Å². The fourth-order valence-corrected chi connectivity index (χ4v) is 4.10. The van der Waals surface area contributed by atoms with E-state index in [-0.39, 0.29) is 6.42 Å². The molecule has 0 saturated carbocycles. The van der Waals surface area contributed by atoms with Gasteiger partial charge in [0.1, 0.15) is 29.4 Å². The monoisotopic (exact) mass is 538 g/mol. The quantitative estimate of drug-likeness (QED) is 0.240. The molecular weight excluding hydrogens is 506 g/mol. The van der Waals surface area contributed by atoms with Crippen LogP contribution in [0.4, 0.5) is 8.78 Å². The zero-order chi connectivity index (χ0) is 28.9. The van der Waals surface area contributed by atoms with Crippen LogP contribution in [0.15, 0.2) is 48.6 Å². The zero-order valence-electron chi connectivity index (χ0n) is 22.8. The van der Waals surface area contributed by atoms with Crippen molar-refractivity contribution >= 4 is 22.9 Å². The van der Waals surface area contributed by atoms with Crippen molar-refractivity contribution in [2.24, 2.45) is 7.05 Å². The highest BCUT2D eigenvalue weighted by Crippen LogP contribution is 2.36. The van der Waals surface area contributed by atoms with Gasteiger partial charge in [-0.15, -0.1) is 5.10 Å². The molecule has 206 valence electrons. The summed E-state index contributed by atoms with van der Waals surface area (Å²) in [4.78, 5) is 24.4. The molecule has 8 nitrogen and oxygen atoms in total. The number of aromatic nitrogens is 4. The van der Waals surface area contributed by atoms with Gasteiger partial charge >= 0.3 is 5.97 Å². The Morgan fingerprint density at radius 1 is 1.05 bits per heavy atom. The molecule has 3 aromatic rings. The highest BCUT2D eigenvalue weighted by molar-refractivity contribution is 6.02. The Balaban J connectivity index is 2.09. The molecule has 0 unspecified atom stereocenters. The van der Waals surface area contributed by atoms with Crippen LogP contribution in [0.1, 0.15) is 61.7 Å². The van der Waals surface area contributed by atoms with E-state index in [1.807, 2.05) is 0 Å². The third-order valence-corrected chi connectivity index (χ3v) is 5.73. The third-order valence-electron chi connectivity index (χ3n) is 5.73. The lowest BCUT2D eigenvalue weighted by atomic mass is 9.87. The smallest absolute Gasteiger partial charge is 0.313 e. The number of ether oxygens (including phenoxy) is 1. The minimum atomic E-state index is -1.24. The number of halogens is 2. The van der Waals surface area contributed by atoms with E-state index < -0.39 is 41.5 Å². The number of nitrogens with zero attached hydrogens (tertiary/aromatic N) is 4. The molecular formula is C29H32F2N4O4. The van der Waals surface area contributed by atoms with Gasteiger partial charge < -0.3 is 9.84 Å². The molecule has 0 bridgehead atoms. The first-order valence-electron chi connectivity index (χ1n) is 12.3. The molecule has 1 N–H and O–H groups in total. The number of carbonyl (C=O) groups excluding carboxylic acids is 2. The first-order chi connectivity index (χ1) is 18.2. The summed E-state index contributed by atoms with van der Waals surface area (Å²) in [7, 11) is 1.64. The second kappa shape index (κ2) is 12.2. The van der Waals surface area contributed by atoms with Crippen LogP contribution in [0.3, 0.4) is 0 Å². The number of benzene rings is 2. The van der Waals surface area contributed by atoms with Crippen LogP contribution < -0.4 is 0 Å². The minimum absolute atomic E-state index is 0.319. The second-order valence-corrected chi connectivity index (χ2v) is 10.3. The predicted molar refractivity (Wildman–Crippen MR) is 142 cm³/mol. The Hall–Kier alpha value is -4.05. The van der Waals surface area contributed by atoms with Gasteiger partial charge in [-0.05, 0) is 91.6 Å². The van der Waals surface area contributed by atoms with E-state index in [4.69, 9.17) is 4.74 Å². The molecule has 3 rings (SSSR count). The van der Waals surface area contributed by atoms with Gasteiger partial charge in [0.15, 0.2) is 5.82 Å². The number of tetrazole rings is 1. The molecule has 2 aromatic carbocycles. The largest absolute Gasteiger partial charge is 0.460 e. The summed E-state index contributed by atoms with van der Waals surface area (Å²) in [6.45, 7) is 8.59. The Labute approximate surface area is 226 Å². The maximum absolute atomic E-state index is 14.0. The minimum Gasteiger partial charge on any atom is -0.460 e. The van der Waals surface area contributed by atoms with E-state index in [9.17, 15) is 23.5 Å². The van der Waals surface area contributed by atoms with E-state index in [2.05, 4.69) is 15.5 Å².